The van der Waals surface area contributed by atoms with Crippen LogP contribution in [0.25, 0.3) is 0 Å². The number of hydrogen-bond donors (Lipinski definition) is 1. The molecule has 0 spiro atoms. The predicted octanol–water partition coefficient (Wildman–Crippen LogP) is 2.08. The van der Waals surface area contributed by atoms with Crippen LogP contribution in [0.2, 0.25) is 17.8 Å². The Morgan fingerprint density at radius 1 is 1.31 bits per heavy atom. The summed E-state index contributed by atoms with van der Waals surface area (Å²) >= 11 is 0. The van der Waals surface area contributed by atoms with E-state index in [0.717, 1.165) is 31.2 Å². The minimum Gasteiger partial charge on any atom is -0.420 e. The lowest BCUT2D eigenvalue weighted by Crippen LogP contribution is -2.52. The lowest BCUT2D eigenvalue weighted by atomic mass is 10.0. The van der Waals surface area contributed by atoms with E-state index in [-0.39, 0.29) is 5.60 Å². The Balaban J connectivity index is 1.90. The summed E-state index contributed by atoms with van der Waals surface area (Å²) in [6.45, 7) is 5.13. The summed E-state index contributed by atoms with van der Waals surface area (Å²) in [5.41, 5.74) is 0.804. The molecule has 2 aliphatic rings. The molecule has 0 aromatic carbocycles. The molecule has 0 aromatic heterocycles. The largest absolute Gasteiger partial charge is 0.420 e. The van der Waals surface area contributed by atoms with Gasteiger partial charge in [-0.05, 0) is 45.2 Å². The zero-order chi connectivity index (χ0) is 11.6. The van der Waals surface area contributed by atoms with E-state index in [1.165, 1.54) is 18.9 Å². The fourth-order valence-corrected chi connectivity index (χ4v) is 11.5. The van der Waals surface area contributed by atoms with Crippen LogP contribution in [0.15, 0.2) is 0 Å². The number of rotatable bonds is 2. The highest BCUT2D eigenvalue weighted by Gasteiger charge is 2.45. The van der Waals surface area contributed by atoms with E-state index in [0.29, 0.717) is 0 Å². The molecule has 2 rings (SSSR count). The molecule has 2 atom stereocenters. The van der Waals surface area contributed by atoms with Gasteiger partial charge in [0.15, 0.2) is 9.04 Å². The van der Waals surface area contributed by atoms with Crippen molar-refractivity contribution in [2.45, 2.75) is 62.9 Å². The normalized spacial score (nSPS) is 39.6. The van der Waals surface area contributed by atoms with Crippen LogP contribution in [0, 0.1) is 0 Å². The third kappa shape index (κ3) is 3.40. The van der Waals surface area contributed by atoms with E-state index in [4.69, 9.17) is 8.85 Å². The topological polar surface area (TPSA) is 38.7 Å². The first-order valence-corrected chi connectivity index (χ1v) is 10.9. The molecular formula is C11H24O3Si2. The smallest absolute Gasteiger partial charge is 0.335 e. The molecule has 0 amide bonds. The molecule has 1 N–H and O–H groups in total. The van der Waals surface area contributed by atoms with Crippen molar-refractivity contribution in [3.05, 3.63) is 0 Å². The summed E-state index contributed by atoms with van der Waals surface area (Å²) in [6, 6.07) is 2.16. The Bertz CT molecular complexity index is 241. The molecule has 3 nitrogen and oxygen atoms in total. The van der Waals surface area contributed by atoms with Crippen LogP contribution in [0.1, 0.15) is 39.5 Å². The molecule has 2 heterocycles. The van der Waals surface area contributed by atoms with Gasteiger partial charge in [-0.2, -0.15) is 0 Å². The Morgan fingerprint density at radius 3 is 2.75 bits per heavy atom. The molecule has 2 fully saturated rings. The third-order valence-corrected chi connectivity index (χ3v) is 11.8. The van der Waals surface area contributed by atoms with Gasteiger partial charge in [-0.15, -0.1) is 0 Å². The van der Waals surface area contributed by atoms with Crippen molar-refractivity contribution in [3.8, 4) is 0 Å². The van der Waals surface area contributed by atoms with E-state index < -0.39 is 17.6 Å². The van der Waals surface area contributed by atoms with Gasteiger partial charge in [0.2, 0.25) is 0 Å². The minimum absolute atomic E-state index is 0.109. The Labute approximate surface area is 101 Å². The first-order valence-electron chi connectivity index (χ1n) is 6.53. The second-order valence-electron chi connectivity index (χ2n) is 5.85. The Kier molecular flexibility index (Phi) is 3.91. The van der Waals surface area contributed by atoms with Crippen molar-refractivity contribution in [2.75, 3.05) is 6.61 Å². The molecule has 2 unspecified atom stereocenters. The lowest BCUT2D eigenvalue weighted by Gasteiger charge is -2.41. The second kappa shape index (κ2) is 4.90. The average molecular weight is 260 g/mol. The van der Waals surface area contributed by atoms with Gasteiger partial charge >= 0.3 is 8.56 Å². The van der Waals surface area contributed by atoms with Crippen LogP contribution < -0.4 is 0 Å². The van der Waals surface area contributed by atoms with Gasteiger partial charge < -0.3 is 13.6 Å². The van der Waals surface area contributed by atoms with Crippen LogP contribution in [0.5, 0.6) is 0 Å². The molecular weight excluding hydrogens is 236 g/mol. The van der Waals surface area contributed by atoms with Crippen molar-refractivity contribution in [1.29, 1.82) is 0 Å². The molecule has 0 saturated carbocycles. The Hall–Kier alpha value is 0.314. The quantitative estimate of drug-likeness (QED) is 0.773. The summed E-state index contributed by atoms with van der Waals surface area (Å²) in [5.74, 6) is 0. The maximum Gasteiger partial charge on any atom is 0.335 e. The fraction of sp³-hybridized carbons (Fsp3) is 1.00. The SMILES string of the molecule is CC1(C)CCC[Si](O)(C[SiH]2CCCCO2)O1. The standard InChI is InChI=1S/C11H24O3Si2/c1-11(2)6-5-9-16(12,14-11)10-15-8-4-3-7-13-15/h12,15H,3-10H2,1-2H3. The summed E-state index contributed by atoms with van der Waals surface area (Å²) in [4.78, 5) is 10.6. The highest BCUT2D eigenvalue weighted by molar-refractivity contribution is 6.79. The lowest BCUT2D eigenvalue weighted by molar-refractivity contribution is 0.0406. The van der Waals surface area contributed by atoms with Gasteiger partial charge in [0, 0.05) is 12.3 Å². The van der Waals surface area contributed by atoms with Crippen molar-refractivity contribution in [3.63, 3.8) is 0 Å². The van der Waals surface area contributed by atoms with E-state index in [2.05, 4.69) is 13.8 Å². The van der Waals surface area contributed by atoms with Gasteiger partial charge in [0.05, 0.1) is 5.60 Å². The van der Waals surface area contributed by atoms with Crippen molar-refractivity contribution < 1.29 is 13.6 Å². The molecule has 0 bridgehead atoms. The summed E-state index contributed by atoms with van der Waals surface area (Å²) in [5, 5.41) is 0. The zero-order valence-corrected chi connectivity index (χ0v) is 12.7. The highest BCUT2D eigenvalue weighted by Crippen LogP contribution is 2.35. The molecule has 0 radical (unpaired) electrons. The first-order chi connectivity index (χ1) is 7.49. The van der Waals surface area contributed by atoms with Crippen LogP contribution in [0.4, 0.5) is 0 Å². The first kappa shape index (κ1) is 12.8. The van der Waals surface area contributed by atoms with Gasteiger partial charge in [0.25, 0.3) is 0 Å². The third-order valence-electron chi connectivity index (χ3n) is 3.63. The van der Waals surface area contributed by atoms with Gasteiger partial charge in [-0.3, -0.25) is 0 Å². The molecule has 2 saturated heterocycles. The highest BCUT2D eigenvalue weighted by atomic mass is 28.4. The molecule has 5 heteroatoms. The van der Waals surface area contributed by atoms with Crippen LogP contribution >= 0.6 is 0 Å². The molecule has 2 aliphatic heterocycles. The zero-order valence-electron chi connectivity index (χ0n) is 10.5. The van der Waals surface area contributed by atoms with Crippen LogP contribution in [-0.2, 0) is 8.85 Å². The van der Waals surface area contributed by atoms with Gasteiger partial charge in [-0.1, -0.05) is 6.42 Å². The van der Waals surface area contributed by atoms with Crippen molar-refractivity contribution >= 4 is 17.6 Å². The van der Waals surface area contributed by atoms with Crippen LogP contribution in [-0.4, -0.2) is 34.6 Å². The molecule has 94 valence electrons. The predicted molar refractivity (Wildman–Crippen MR) is 69.1 cm³/mol. The summed E-state index contributed by atoms with van der Waals surface area (Å²) < 4.78 is 11.9. The summed E-state index contributed by atoms with van der Waals surface area (Å²) in [7, 11) is -3.56. The fourth-order valence-electron chi connectivity index (χ4n) is 2.87. The molecule has 16 heavy (non-hydrogen) atoms. The van der Waals surface area contributed by atoms with Crippen LogP contribution in [0.3, 0.4) is 0 Å². The van der Waals surface area contributed by atoms with Crippen molar-refractivity contribution in [2.24, 2.45) is 0 Å². The summed E-state index contributed by atoms with van der Waals surface area (Å²) in [6.07, 6.45) is 4.70. The van der Waals surface area contributed by atoms with E-state index >= 15 is 0 Å². The second-order valence-corrected chi connectivity index (χ2v) is 12.2. The van der Waals surface area contributed by atoms with Crippen molar-refractivity contribution in [1.82, 2.24) is 0 Å². The van der Waals surface area contributed by atoms with Gasteiger partial charge in [-0.25, -0.2) is 0 Å². The average Bonchev–Trinajstić information content (AvgIpc) is 2.16. The maximum absolute atomic E-state index is 10.6. The maximum atomic E-state index is 10.6. The molecule has 0 aromatic rings. The Morgan fingerprint density at radius 2 is 2.12 bits per heavy atom. The van der Waals surface area contributed by atoms with E-state index in [1.807, 2.05) is 0 Å². The van der Waals surface area contributed by atoms with E-state index in [1.54, 1.807) is 0 Å². The molecule has 0 aliphatic carbocycles. The monoisotopic (exact) mass is 260 g/mol. The van der Waals surface area contributed by atoms with E-state index in [9.17, 15) is 4.80 Å². The van der Waals surface area contributed by atoms with Gasteiger partial charge in [0.1, 0.15) is 0 Å². The minimum atomic E-state index is -2.42. The number of hydrogen-bond acceptors (Lipinski definition) is 3.